The lowest BCUT2D eigenvalue weighted by molar-refractivity contribution is 0.987. The Morgan fingerprint density at radius 3 is 2.75 bits per heavy atom. The Balaban J connectivity index is 2.97. The molecule has 0 spiro atoms. The molecule has 0 saturated heterocycles. The van der Waals surface area contributed by atoms with Crippen molar-refractivity contribution >= 4 is 18.0 Å². The summed E-state index contributed by atoms with van der Waals surface area (Å²) in [6.45, 7) is 2.11. The second kappa shape index (κ2) is 5.04. The van der Waals surface area contributed by atoms with E-state index in [2.05, 4.69) is 13.2 Å². The molecule has 0 aliphatic rings. The van der Waals surface area contributed by atoms with Crippen LogP contribution in [0.3, 0.4) is 0 Å². The highest BCUT2D eigenvalue weighted by molar-refractivity contribution is 8.01. The van der Waals surface area contributed by atoms with Crippen LogP contribution in [-0.4, -0.2) is 12.5 Å². The van der Waals surface area contributed by atoms with E-state index in [0.29, 0.717) is 0 Å². The van der Waals surface area contributed by atoms with Gasteiger partial charge in [-0.05, 0) is 6.21 Å². The smallest absolute Gasteiger partial charge is 0.154 e. The molecular weight excluding hydrogens is 118 g/mol. The van der Waals surface area contributed by atoms with Crippen LogP contribution in [0.4, 0.5) is 0 Å². The van der Waals surface area contributed by atoms with Crippen LogP contribution in [0.25, 0.3) is 0 Å². The number of rotatable bonds is 4. The highest BCUT2D eigenvalue weighted by atomic mass is 32.2. The molecule has 0 saturated carbocycles. The molecule has 0 bridgehead atoms. The summed E-state index contributed by atoms with van der Waals surface area (Å²) in [5.41, 5.74) is 0. The predicted molar refractivity (Wildman–Crippen MR) is 40.4 cm³/mol. The van der Waals surface area contributed by atoms with Crippen LogP contribution in [-0.2, 0) is 0 Å². The molecule has 0 heterocycles. The zero-order valence-electron chi connectivity index (χ0n) is 5.40. The summed E-state index contributed by atoms with van der Waals surface area (Å²) in [6.07, 6.45) is 5.48. The SMILES string of the molecule is CS[C+](C)CCC=N. The second-order valence-corrected chi connectivity index (χ2v) is 2.75. The molecule has 0 aromatic carbocycles. The number of hydrogen-bond acceptors (Lipinski definition) is 2. The first kappa shape index (κ1) is 7.89. The molecule has 0 aliphatic heterocycles. The first-order chi connectivity index (χ1) is 3.81. The van der Waals surface area contributed by atoms with Crippen LogP contribution in [0, 0.1) is 10.7 Å². The fourth-order valence-electron chi connectivity index (χ4n) is 0.377. The number of thioether (sulfide) groups is 1. The van der Waals surface area contributed by atoms with Gasteiger partial charge in [0, 0.05) is 12.7 Å². The van der Waals surface area contributed by atoms with Crippen LogP contribution in [0.15, 0.2) is 0 Å². The highest BCUT2D eigenvalue weighted by Crippen LogP contribution is 2.18. The molecule has 0 unspecified atom stereocenters. The Kier molecular flexibility index (Phi) is 4.97. The normalized spacial score (nSPS) is 8.75. The van der Waals surface area contributed by atoms with Crippen molar-refractivity contribution in [3.05, 3.63) is 5.25 Å². The number of nitrogens with one attached hydrogen (secondary N) is 1. The summed E-state index contributed by atoms with van der Waals surface area (Å²) >= 11 is 1.78. The molecule has 0 rings (SSSR count). The van der Waals surface area contributed by atoms with Gasteiger partial charge >= 0.3 is 0 Å². The third-order valence-corrected chi connectivity index (χ3v) is 1.89. The summed E-state index contributed by atoms with van der Waals surface area (Å²) in [4.78, 5) is 0. The average Bonchev–Trinajstić information content (AvgIpc) is 1.83. The summed E-state index contributed by atoms with van der Waals surface area (Å²) in [6, 6.07) is 0. The Morgan fingerprint density at radius 2 is 2.38 bits per heavy atom. The van der Waals surface area contributed by atoms with Gasteiger partial charge in [0.25, 0.3) is 0 Å². The summed E-state index contributed by atoms with van der Waals surface area (Å²) < 4.78 is 0. The van der Waals surface area contributed by atoms with Crippen LogP contribution in [0.5, 0.6) is 0 Å². The molecule has 2 heteroatoms. The lowest BCUT2D eigenvalue weighted by Gasteiger charge is -1.88. The Hall–Kier alpha value is -0.110. The molecule has 0 fully saturated rings. The minimum atomic E-state index is 0.896. The van der Waals surface area contributed by atoms with Gasteiger partial charge in [-0.15, -0.1) is 0 Å². The van der Waals surface area contributed by atoms with E-state index >= 15 is 0 Å². The molecule has 0 aromatic rings. The van der Waals surface area contributed by atoms with Crippen molar-refractivity contribution in [3.8, 4) is 0 Å². The van der Waals surface area contributed by atoms with Crippen LogP contribution in [0.1, 0.15) is 19.8 Å². The lowest BCUT2D eigenvalue weighted by atomic mass is 10.3. The molecule has 0 amide bonds. The van der Waals surface area contributed by atoms with Crippen molar-refractivity contribution in [2.45, 2.75) is 19.8 Å². The quantitative estimate of drug-likeness (QED) is 0.458. The van der Waals surface area contributed by atoms with Crippen LogP contribution < -0.4 is 0 Å². The van der Waals surface area contributed by atoms with Gasteiger partial charge in [-0.1, -0.05) is 0 Å². The fraction of sp³-hybridized carbons (Fsp3) is 0.667. The van der Waals surface area contributed by atoms with Gasteiger partial charge in [0.05, 0.1) is 18.7 Å². The van der Waals surface area contributed by atoms with Gasteiger partial charge in [0.2, 0.25) is 0 Å². The largest absolute Gasteiger partial charge is 0.313 e. The molecule has 1 nitrogen and oxygen atoms in total. The first-order valence-electron chi connectivity index (χ1n) is 2.66. The van der Waals surface area contributed by atoms with E-state index in [1.54, 1.807) is 11.8 Å². The van der Waals surface area contributed by atoms with Crippen LogP contribution in [0.2, 0.25) is 0 Å². The van der Waals surface area contributed by atoms with E-state index in [9.17, 15) is 0 Å². The molecule has 0 radical (unpaired) electrons. The van der Waals surface area contributed by atoms with Gasteiger partial charge in [-0.25, -0.2) is 0 Å². The summed E-state index contributed by atoms with van der Waals surface area (Å²) in [5.74, 6) is 0. The van der Waals surface area contributed by atoms with Crippen molar-refractivity contribution in [3.63, 3.8) is 0 Å². The molecule has 0 aliphatic carbocycles. The summed E-state index contributed by atoms with van der Waals surface area (Å²) in [7, 11) is 0. The lowest BCUT2D eigenvalue weighted by Crippen LogP contribution is -1.83. The maximum absolute atomic E-state index is 6.72. The van der Waals surface area contributed by atoms with E-state index in [0.717, 1.165) is 12.8 Å². The highest BCUT2D eigenvalue weighted by Gasteiger charge is 2.08. The van der Waals surface area contributed by atoms with E-state index in [-0.39, 0.29) is 0 Å². The number of hydrogen-bond donors (Lipinski definition) is 1. The van der Waals surface area contributed by atoms with E-state index < -0.39 is 0 Å². The van der Waals surface area contributed by atoms with Gasteiger partial charge in [0.1, 0.15) is 6.42 Å². The Morgan fingerprint density at radius 1 is 1.75 bits per heavy atom. The second-order valence-electron chi connectivity index (χ2n) is 1.65. The maximum atomic E-state index is 6.72. The summed E-state index contributed by atoms with van der Waals surface area (Å²) in [5, 5.41) is 8.13. The molecule has 8 heavy (non-hydrogen) atoms. The average molecular weight is 130 g/mol. The minimum absolute atomic E-state index is 0.896. The Bertz CT molecular complexity index is 63.5. The van der Waals surface area contributed by atoms with Gasteiger partial charge in [-0.2, -0.15) is 0 Å². The van der Waals surface area contributed by atoms with Gasteiger partial charge in [-0.3, -0.25) is 0 Å². The zero-order chi connectivity index (χ0) is 6.41. The monoisotopic (exact) mass is 130 g/mol. The molecule has 0 atom stereocenters. The van der Waals surface area contributed by atoms with Gasteiger partial charge < -0.3 is 5.41 Å². The molecule has 1 N–H and O–H groups in total. The molecule has 0 aromatic heterocycles. The van der Waals surface area contributed by atoms with Gasteiger partial charge in [0.15, 0.2) is 5.25 Å². The Labute approximate surface area is 55.4 Å². The van der Waals surface area contributed by atoms with Crippen LogP contribution >= 0.6 is 11.8 Å². The van der Waals surface area contributed by atoms with Crippen molar-refractivity contribution < 1.29 is 0 Å². The van der Waals surface area contributed by atoms with Crippen molar-refractivity contribution in [1.29, 1.82) is 5.41 Å². The zero-order valence-corrected chi connectivity index (χ0v) is 6.22. The molecule has 46 valence electrons. The first-order valence-corrected chi connectivity index (χ1v) is 3.89. The van der Waals surface area contributed by atoms with E-state index in [1.165, 1.54) is 11.5 Å². The van der Waals surface area contributed by atoms with Crippen molar-refractivity contribution in [1.82, 2.24) is 0 Å². The minimum Gasteiger partial charge on any atom is -0.313 e. The fourth-order valence-corrected chi connectivity index (χ4v) is 0.699. The topological polar surface area (TPSA) is 23.9 Å². The maximum Gasteiger partial charge on any atom is 0.154 e. The van der Waals surface area contributed by atoms with E-state index in [4.69, 9.17) is 5.41 Å². The van der Waals surface area contributed by atoms with Crippen molar-refractivity contribution in [2.75, 3.05) is 6.26 Å². The molecular formula is C6H12NS+. The standard InChI is InChI=1S/C6H12NS/c1-6(8-2)4-3-5-7/h5,7H,3-4H2,1-2H3/q+1. The predicted octanol–water partition coefficient (Wildman–Crippen LogP) is 2.33. The van der Waals surface area contributed by atoms with E-state index in [1.807, 2.05) is 0 Å². The third-order valence-electron chi connectivity index (χ3n) is 0.989. The third kappa shape index (κ3) is 4.06. The van der Waals surface area contributed by atoms with Crippen molar-refractivity contribution in [2.24, 2.45) is 0 Å².